The van der Waals surface area contributed by atoms with Gasteiger partial charge in [-0.05, 0) is 54.7 Å². The molecule has 0 atom stereocenters. The fourth-order valence-corrected chi connectivity index (χ4v) is 8.81. The van der Waals surface area contributed by atoms with Gasteiger partial charge in [0.25, 0.3) is 29.5 Å². The first-order valence-electron chi connectivity index (χ1n) is 13.3. The molecule has 5 heterocycles. The Hall–Kier alpha value is -5.25. The van der Waals surface area contributed by atoms with Crippen LogP contribution in [-0.4, -0.2) is 29.5 Å². The zero-order valence-electron chi connectivity index (χ0n) is 20.6. The molecule has 0 fully saturated rings. The third kappa shape index (κ3) is 1.69. The number of carbonyl (C=O) groups excluding carboxylic acids is 5. The van der Waals surface area contributed by atoms with Crippen molar-refractivity contribution in [2.45, 2.75) is 32.7 Å². The van der Waals surface area contributed by atoms with Gasteiger partial charge in [-0.1, -0.05) is 0 Å². The van der Waals surface area contributed by atoms with E-state index in [1.807, 2.05) is 0 Å². The summed E-state index contributed by atoms with van der Waals surface area (Å²) in [6, 6.07) is 0. The normalized spacial score (nSPS) is 18.8. The third-order valence-electron chi connectivity index (χ3n) is 10.0. The monoisotopic (exact) mass is 525 g/mol. The Morgan fingerprint density at radius 1 is 0.275 bits per heavy atom. The molecule has 10 heteroatoms. The van der Waals surface area contributed by atoms with Gasteiger partial charge in [0.2, 0.25) is 0 Å². The van der Waals surface area contributed by atoms with Crippen LogP contribution in [0, 0.1) is 0 Å². The Bertz CT molecular complexity index is 2010. The summed E-state index contributed by atoms with van der Waals surface area (Å²) in [6.07, 6.45) is 0. The van der Waals surface area contributed by atoms with Gasteiger partial charge in [-0.2, -0.15) is 0 Å². The number of carbonyl (C=O) groups is 5. The predicted octanol–water partition coefficient (Wildman–Crippen LogP) is 1.98. The van der Waals surface area contributed by atoms with Crippen LogP contribution < -0.4 is 26.6 Å². The summed E-state index contributed by atoms with van der Waals surface area (Å²) in [6.45, 7) is 1.34. The number of fused-ring (bicyclic) bond motifs is 15. The van der Waals surface area contributed by atoms with Crippen LogP contribution in [-0.2, 0) is 32.7 Å². The Kier molecular flexibility index (Phi) is 2.81. The number of hydrogen-bond donors (Lipinski definition) is 5. The van der Waals surface area contributed by atoms with Crippen molar-refractivity contribution in [3.63, 3.8) is 0 Å². The minimum Gasteiger partial charge on any atom is -0.348 e. The van der Waals surface area contributed by atoms with Gasteiger partial charge in [0.15, 0.2) is 0 Å². The van der Waals surface area contributed by atoms with E-state index < -0.39 is 0 Å². The van der Waals surface area contributed by atoms with Crippen LogP contribution >= 0.6 is 0 Å². The first kappa shape index (κ1) is 19.8. The second-order valence-corrected chi connectivity index (χ2v) is 11.4. The first-order chi connectivity index (χ1) is 19.5. The highest BCUT2D eigenvalue weighted by atomic mass is 16.2. The molecular weight excluding hydrogens is 510 g/mol. The van der Waals surface area contributed by atoms with Crippen molar-refractivity contribution in [2.75, 3.05) is 0 Å². The van der Waals surface area contributed by atoms with Gasteiger partial charge in [0.1, 0.15) is 0 Å². The minimum atomic E-state index is -0.225. The maximum Gasteiger partial charge on any atom is 0.252 e. The average Bonchev–Trinajstić information content (AvgIpc) is 3.78. The van der Waals surface area contributed by atoms with Gasteiger partial charge in [0, 0.05) is 59.7 Å². The lowest BCUT2D eigenvalue weighted by atomic mass is 9.83. The van der Waals surface area contributed by atoms with E-state index >= 15 is 0 Å². The lowest BCUT2D eigenvalue weighted by Gasteiger charge is -2.16. The topological polar surface area (TPSA) is 146 Å². The van der Waals surface area contributed by atoms with Crippen molar-refractivity contribution in [3.8, 4) is 0 Å². The minimum absolute atomic E-state index is 0.225. The Morgan fingerprint density at radius 2 is 0.450 bits per heavy atom. The molecule has 5 aliphatic heterocycles. The van der Waals surface area contributed by atoms with Crippen LogP contribution in [0.15, 0.2) is 0 Å². The fraction of sp³-hybridized carbons (Fsp3) is 0.167. The summed E-state index contributed by atoms with van der Waals surface area (Å²) in [4.78, 5) is 67.4. The number of nitrogens with one attached hydrogen (secondary N) is 5. The van der Waals surface area contributed by atoms with Crippen LogP contribution in [0.1, 0.15) is 79.6 Å². The van der Waals surface area contributed by atoms with E-state index in [9.17, 15) is 24.0 Å². The lowest BCUT2D eigenvalue weighted by Crippen LogP contribution is -2.13. The highest BCUT2D eigenvalue weighted by Crippen LogP contribution is 2.58. The largest absolute Gasteiger partial charge is 0.348 e. The van der Waals surface area contributed by atoms with Gasteiger partial charge in [-0.25, -0.2) is 0 Å². The van der Waals surface area contributed by atoms with E-state index in [2.05, 4.69) is 26.6 Å². The van der Waals surface area contributed by atoms with E-state index in [1.54, 1.807) is 0 Å². The molecule has 0 aromatic heterocycles. The third-order valence-corrected chi connectivity index (χ3v) is 10.0. The molecule has 6 aromatic rings. The van der Waals surface area contributed by atoms with Crippen molar-refractivity contribution < 1.29 is 24.0 Å². The molecule has 5 amide bonds. The zero-order chi connectivity index (χ0) is 26.5. The van der Waals surface area contributed by atoms with Gasteiger partial charge >= 0.3 is 0 Å². The second kappa shape index (κ2) is 5.69. The molecule has 40 heavy (non-hydrogen) atoms. The van der Waals surface area contributed by atoms with Crippen molar-refractivity contribution in [3.05, 3.63) is 55.6 Å². The predicted molar refractivity (Wildman–Crippen MR) is 143 cm³/mol. The molecule has 6 aromatic carbocycles. The molecule has 0 saturated carbocycles. The zero-order valence-corrected chi connectivity index (χ0v) is 20.6. The van der Waals surface area contributed by atoms with E-state index in [-0.39, 0.29) is 62.3 Å². The van der Waals surface area contributed by atoms with Gasteiger partial charge in [0.05, 0.1) is 27.8 Å². The van der Waals surface area contributed by atoms with E-state index in [1.165, 1.54) is 0 Å². The van der Waals surface area contributed by atoms with Crippen LogP contribution in [0.4, 0.5) is 0 Å². The summed E-state index contributed by atoms with van der Waals surface area (Å²) >= 11 is 0. The molecule has 190 valence electrons. The van der Waals surface area contributed by atoms with Crippen LogP contribution in [0.2, 0.25) is 0 Å². The highest BCUT2D eigenvalue weighted by molar-refractivity contribution is 6.52. The number of rotatable bonds is 0. The summed E-state index contributed by atoms with van der Waals surface area (Å²) < 4.78 is 0. The van der Waals surface area contributed by atoms with Gasteiger partial charge < -0.3 is 26.6 Å². The molecule has 0 spiro atoms. The first-order valence-corrected chi connectivity index (χ1v) is 13.3. The van der Waals surface area contributed by atoms with E-state index in [0.29, 0.717) is 27.8 Å². The summed E-state index contributed by atoms with van der Waals surface area (Å²) in [7, 11) is 0. The molecule has 0 aliphatic carbocycles. The van der Waals surface area contributed by atoms with Crippen LogP contribution in [0.25, 0.3) is 53.9 Å². The second-order valence-electron chi connectivity index (χ2n) is 11.4. The molecule has 5 aliphatic rings. The molecule has 0 bridgehead atoms. The van der Waals surface area contributed by atoms with Crippen molar-refractivity contribution >= 4 is 83.4 Å². The number of hydrogen-bond acceptors (Lipinski definition) is 5. The summed E-state index contributed by atoms with van der Waals surface area (Å²) in [5.41, 5.74) is 6.32. The van der Waals surface area contributed by atoms with E-state index in [0.717, 1.165) is 81.7 Å². The lowest BCUT2D eigenvalue weighted by molar-refractivity contribution is 0.0959. The molecule has 10 nitrogen and oxygen atoms in total. The molecular formula is C30H15N5O5. The average molecular weight is 525 g/mol. The quantitative estimate of drug-likeness (QED) is 0.193. The van der Waals surface area contributed by atoms with Crippen molar-refractivity contribution in [1.29, 1.82) is 0 Å². The summed E-state index contributed by atoms with van der Waals surface area (Å²) in [5.74, 6) is -1.12. The number of amides is 5. The van der Waals surface area contributed by atoms with Crippen LogP contribution in [0.3, 0.4) is 0 Å². The molecule has 0 unspecified atom stereocenters. The molecule has 0 saturated heterocycles. The fourth-order valence-electron chi connectivity index (χ4n) is 8.81. The van der Waals surface area contributed by atoms with Gasteiger partial charge in [-0.15, -0.1) is 0 Å². The maximum atomic E-state index is 13.5. The Balaban J connectivity index is 1.62. The van der Waals surface area contributed by atoms with Gasteiger partial charge in [-0.3, -0.25) is 24.0 Å². The standard InChI is InChI=1S/C30H15N5O5/c36-26-16-6(1-31-26)11-17-8(3-32-27(17)37)13-19-10(5-34-29(19)39)15-20-9(4-35-30(20)40)14-18-7(2-33-28(18)38)12(16)22-21(11)23(13)25(15)24(14)22/h1-5H2,(H,31,36)(H,32,37)(H,33,38)(H,34,39)(H,35,40). The Morgan fingerprint density at radius 3 is 0.625 bits per heavy atom. The highest BCUT2D eigenvalue weighted by Gasteiger charge is 2.44. The smallest absolute Gasteiger partial charge is 0.252 e. The maximum absolute atomic E-state index is 13.5. The van der Waals surface area contributed by atoms with E-state index in [4.69, 9.17) is 0 Å². The molecule has 11 rings (SSSR count). The Labute approximate surface area is 222 Å². The van der Waals surface area contributed by atoms with Crippen molar-refractivity contribution in [2.24, 2.45) is 0 Å². The molecule has 5 N–H and O–H groups in total. The SMILES string of the molecule is O=C1NCc2c1c1c3c(c4c5c(c6c7c(c8c9c(c2c2c1c4c6c82)C(=O)NC9)C(=O)NC7)C(=O)NC5)C(=O)NC3. The number of benzene rings is 5. The van der Waals surface area contributed by atoms with Crippen molar-refractivity contribution in [1.82, 2.24) is 26.6 Å². The van der Waals surface area contributed by atoms with Crippen LogP contribution in [0.5, 0.6) is 0 Å². The summed E-state index contributed by atoms with van der Waals surface area (Å²) in [5, 5.41) is 22.7. The molecule has 0 radical (unpaired) electrons.